The number of benzene rings is 1. The highest BCUT2D eigenvalue weighted by Gasteiger charge is 2.19. The second-order valence-corrected chi connectivity index (χ2v) is 4.83. The Morgan fingerprint density at radius 1 is 1.14 bits per heavy atom. The third-order valence-corrected chi connectivity index (χ3v) is 3.29. The number of hydrogen-bond donors (Lipinski definition) is 2. The molecule has 5 nitrogen and oxygen atoms in total. The number of fused-ring (bicyclic) bond motifs is 1. The van der Waals surface area contributed by atoms with E-state index in [4.69, 9.17) is 8.83 Å². The van der Waals surface area contributed by atoms with Crippen molar-refractivity contribution in [3.8, 4) is 0 Å². The Morgan fingerprint density at radius 2 is 1.95 bits per heavy atom. The second-order valence-electron chi connectivity index (χ2n) is 4.83. The first-order valence-corrected chi connectivity index (χ1v) is 6.65. The predicted octanol–water partition coefficient (Wildman–Crippen LogP) is 3.32. The van der Waals surface area contributed by atoms with E-state index < -0.39 is 5.97 Å². The summed E-state index contributed by atoms with van der Waals surface area (Å²) in [6, 6.07) is 11.1. The van der Waals surface area contributed by atoms with Gasteiger partial charge in [0, 0.05) is 17.5 Å². The maximum atomic E-state index is 11.3. The minimum atomic E-state index is -1.06. The van der Waals surface area contributed by atoms with Crippen molar-refractivity contribution in [1.29, 1.82) is 0 Å². The van der Waals surface area contributed by atoms with Crippen LogP contribution in [-0.4, -0.2) is 11.1 Å². The van der Waals surface area contributed by atoms with Crippen LogP contribution in [0.1, 0.15) is 27.6 Å². The molecule has 2 aromatic heterocycles. The van der Waals surface area contributed by atoms with Gasteiger partial charge in [-0.2, -0.15) is 0 Å². The molecule has 0 fully saturated rings. The summed E-state index contributed by atoms with van der Waals surface area (Å²) in [5, 5.41) is 13.3. The van der Waals surface area contributed by atoms with Crippen LogP contribution in [0.4, 0.5) is 0 Å². The second kappa shape index (κ2) is 5.46. The zero-order valence-electron chi connectivity index (χ0n) is 11.6. The number of aryl methyl sites for hydroxylation is 1. The van der Waals surface area contributed by atoms with Crippen molar-refractivity contribution >= 4 is 16.9 Å². The normalized spacial score (nSPS) is 11.1. The van der Waals surface area contributed by atoms with Gasteiger partial charge in [0.15, 0.2) is 0 Å². The lowest BCUT2D eigenvalue weighted by Gasteiger charge is -2.02. The van der Waals surface area contributed by atoms with Gasteiger partial charge in [-0.25, -0.2) is 4.79 Å². The minimum Gasteiger partial charge on any atom is -0.475 e. The third kappa shape index (κ3) is 2.68. The van der Waals surface area contributed by atoms with Crippen LogP contribution >= 0.6 is 0 Å². The van der Waals surface area contributed by atoms with E-state index in [9.17, 15) is 9.90 Å². The Labute approximate surface area is 121 Å². The molecule has 0 aliphatic rings. The molecule has 0 aliphatic carbocycles. The van der Waals surface area contributed by atoms with Crippen LogP contribution < -0.4 is 5.32 Å². The van der Waals surface area contributed by atoms with E-state index in [1.54, 1.807) is 6.07 Å². The van der Waals surface area contributed by atoms with Gasteiger partial charge in [0.05, 0.1) is 6.54 Å². The first-order valence-electron chi connectivity index (χ1n) is 6.65. The highest BCUT2D eigenvalue weighted by Crippen LogP contribution is 2.25. The fourth-order valence-electron chi connectivity index (χ4n) is 2.34. The van der Waals surface area contributed by atoms with Gasteiger partial charge in [-0.3, -0.25) is 0 Å². The van der Waals surface area contributed by atoms with E-state index in [-0.39, 0.29) is 5.76 Å². The highest BCUT2D eigenvalue weighted by molar-refractivity contribution is 5.95. The Balaban J connectivity index is 1.82. The molecule has 0 saturated heterocycles. The number of para-hydroxylation sites is 1. The van der Waals surface area contributed by atoms with Gasteiger partial charge in [-0.05, 0) is 25.1 Å². The van der Waals surface area contributed by atoms with Gasteiger partial charge < -0.3 is 19.3 Å². The summed E-state index contributed by atoms with van der Waals surface area (Å²) in [5.41, 5.74) is 1.24. The smallest absolute Gasteiger partial charge is 0.372 e. The van der Waals surface area contributed by atoms with Crippen LogP contribution in [0.2, 0.25) is 0 Å². The largest absolute Gasteiger partial charge is 0.475 e. The van der Waals surface area contributed by atoms with Crippen molar-refractivity contribution in [2.45, 2.75) is 20.0 Å². The van der Waals surface area contributed by atoms with Gasteiger partial charge in [0.25, 0.3) is 0 Å². The lowest BCUT2D eigenvalue weighted by Crippen LogP contribution is -2.14. The van der Waals surface area contributed by atoms with Crippen molar-refractivity contribution in [2.24, 2.45) is 0 Å². The van der Waals surface area contributed by atoms with E-state index >= 15 is 0 Å². The average molecular weight is 285 g/mol. The van der Waals surface area contributed by atoms with Gasteiger partial charge in [-0.1, -0.05) is 18.2 Å². The summed E-state index contributed by atoms with van der Waals surface area (Å²) in [6.07, 6.45) is 0. The number of aromatic carboxylic acids is 1. The van der Waals surface area contributed by atoms with Crippen molar-refractivity contribution in [3.63, 3.8) is 0 Å². The molecule has 3 rings (SSSR count). The summed E-state index contributed by atoms with van der Waals surface area (Å²) in [7, 11) is 0. The van der Waals surface area contributed by atoms with Crippen LogP contribution in [-0.2, 0) is 13.1 Å². The van der Waals surface area contributed by atoms with Crippen LogP contribution in [0.15, 0.2) is 45.2 Å². The van der Waals surface area contributed by atoms with Crippen LogP contribution in [0.5, 0.6) is 0 Å². The number of carboxylic acid groups (broad SMARTS) is 1. The van der Waals surface area contributed by atoms with Gasteiger partial charge >= 0.3 is 5.97 Å². The van der Waals surface area contributed by atoms with Crippen molar-refractivity contribution in [2.75, 3.05) is 0 Å². The summed E-state index contributed by atoms with van der Waals surface area (Å²) in [5.74, 6) is 0.597. The monoisotopic (exact) mass is 285 g/mol. The van der Waals surface area contributed by atoms with Crippen LogP contribution in [0, 0.1) is 6.92 Å². The maximum Gasteiger partial charge on any atom is 0.372 e. The van der Waals surface area contributed by atoms with Gasteiger partial charge in [-0.15, -0.1) is 0 Å². The van der Waals surface area contributed by atoms with E-state index in [0.29, 0.717) is 24.2 Å². The fourth-order valence-corrected chi connectivity index (χ4v) is 2.34. The Bertz CT molecular complexity index is 785. The van der Waals surface area contributed by atoms with E-state index in [2.05, 4.69) is 5.32 Å². The van der Waals surface area contributed by atoms with E-state index in [1.807, 2.05) is 37.3 Å². The average Bonchev–Trinajstić information content (AvgIpc) is 3.03. The molecule has 0 amide bonds. The molecule has 0 aliphatic heterocycles. The lowest BCUT2D eigenvalue weighted by molar-refractivity contribution is 0.0663. The molecule has 0 spiro atoms. The summed E-state index contributed by atoms with van der Waals surface area (Å²) < 4.78 is 10.9. The molecule has 2 N–H and O–H groups in total. The highest BCUT2D eigenvalue weighted by atomic mass is 16.4. The first kappa shape index (κ1) is 13.5. The Hall–Kier alpha value is -2.53. The molecule has 2 heterocycles. The molecule has 108 valence electrons. The summed E-state index contributed by atoms with van der Waals surface area (Å²) in [6.45, 7) is 2.82. The molecule has 0 saturated carbocycles. The van der Waals surface area contributed by atoms with Crippen molar-refractivity contribution in [1.82, 2.24) is 5.32 Å². The predicted molar refractivity (Wildman–Crippen MR) is 77.2 cm³/mol. The standard InChI is InChI=1S/C16H15NO4/c1-10-6-7-11(20-10)8-17-9-13-12-4-2-3-5-14(12)21-15(13)16(18)19/h2-7,17H,8-9H2,1H3,(H,18,19). The first-order chi connectivity index (χ1) is 10.1. The molecule has 0 atom stereocenters. The van der Waals surface area contributed by atoms with Crippen LogP contribution in [0.3, 0.4) is 0 Å². The zero-order valence-corrected chi connectivity index (χ0v) is 11.6. The molecule has 0 unspecified atom stereocenters. The molecule has 1 aromatic carbocycles. The van der Waals surface area contributed by atoms with Crippen LogP contribution in [0.25, 0.3) is 11.0 Å². The molecule has 5 heteroatoms. The number of rotatable bonds is 5. The Kier molecular flexibility index (Phi) is 3.50. The number of carboxylic acids is 1. The molecule has 0 radical (unpaired) electrons. The molecule has 21 heavy (non-hydrogen) atoms. The number of furan rings is 2. The number of nitrogens with one attached hydrogen (secondary N) is 1. The topological polar surface area (TPSA) is 75.6 Å². The number of hydrogen-bond acceptors (Lipinski definition) is 4. The Morgan fingerprint density at radius 3 is 2.67 bits per heavy atom. The SMILES string of the molecule is Cc1ccc(CNCc2c(C(=O)O)oc3ccccc23)o1. The summed E-state index contributed by atoms with van der Waals surface area (Å²) >= 11 is 0. The lowest BCUT2D eigenvalue weighted by atomic mass is 10.1. The van der Waals surface area contributed by atoms with Gasteiger partial charge in [0.1, 0.15) is 17.1 Å². The zero-order chi connectivity index (χ0) is 14.8. The van der Waals surface area contributed by atoms with Crippen molar-refractivity contribution in [3.05, 3.63) is 59.2 Å². The summed E-state index contributed by atoms with van der Waals surface area (Å²) in [4.78, 5) is 11.3. The quantitative estimate of drug-likeness (QED) is 0.752. The van der Waals surface area contributed by atoms with E-state index in [1.165, 1.54) is 0 Å². The maximum absolute atomic E-state index is 11.3. The third-order valence-electron chi connectivity index (χ3n) is 3.29. The van der Waals surface area contributed by atoms with Crippen molar-refractivity contribution < 1.29 is 18.7 Å². The molecule has 3 aromatic rings. The molecule has 0 bridgehead atoms. The van der Waals surface area contributed by atoms with E-state index in [0.717, 1.165) is 16.9 Å². The molecular weight excluding hydrogens is 270 g/mol. The fraction of sp³-hybridized carbons (Fsp3) is 0.188. The van der Waals surface area contributed by atoms with Gasteiger partial charge in [0.2, 0.25) is 5.76 Å². The molecular formula is C16H15NO4. The minimum absolute atomic E-state index is 0.0145. The number of carbonyl (C=O) groups is 1.